The summed E-state index contributed by atoms with van der Waals surface area (Å²) < 4.78 is 13.5. The van der Waals surface area contributed by atoms with E-state index < -0.39 is 5.67 Å². The Kier molecular flexibility index (Phi) is 4.43. The van der Waals surface area contributed by atoms with E-state index in [9.17, 15) is 9.18 Å². The number of nitrogens with zero attached hydrogens (tertiary/aromatic N) is 3. The molecule has 0 aromatic carbocycles. The predicted octanol–water partition coefficient (Wildman–Crippen LogP) is 1.80. The number of carbonyl (C=O) groups is 1. The van der Waals surface area contributed by atoms with Crippen molar-refractivity contribution >= 4 is 11.7 Å². The zero-order chi connectivity index (χ0) is 17.3. The molecular formula is C17H24FN5O. The fraction of sp³-hybridized carbons (Fsp3) is 0.588. The van der Waals surface area contributed by atoms with Gasteiger partial charge in [-0.05, 0) is 19.4 Å². The highest BCUT2D eigenvalue weighted by Gasteiger charge is 2.41. The maximum atomic E-state index is 13.5. The second-order valence-electron chi connectivity index (χ2n) is 6.93. The number of anilines is 1. The van der Waals surface area contributed by atoms with E-state index in [2.05, 4.69) is 32.4 Å². The van der Waals surface area contributed by atoms with E-state index in [4.69, 9.17) is 0 Å². The molecule has 0 bridgehead atoms. The molecule has 3 rings (SSSR count). The summed E-state index contributed by atoms with van der Waals surface area (Å²) in [5.41, 5.74) is 1.67. The van der Waals surface area contributed by atoms with E-state index in [0.29, 0.717) is 12.8 Å². The summed E-state index contributed by atoms with van der Waals surface area (Å²) in [7, 11) is 1.94. The van der Waals surface area contributed by atoms with Crippen LogP contribution in [0.15, 0.2) is 23.7 Å². The zero-order valence-corrected chi connectivity index (χ0v) is 14.4. The van der Waals surface area contributed by atoms with Gasteiger partial charge in [-0.1, -0.05) is 0 Å². The van der Waals surface area contributed by atoms with Crippen LogP contribution in [-0.2, 0) is 0 Å². The van der Waals surface area contributed by atoms with Crippen molar-refractivity contribution in [1.29, 1.82) is 0 Å². The Morgan fingerprint density at radius 3 is 2.67 bits per heavy atom. The lowest BCUT2D eigenvalue weighted by Crippen LogP contribution is -2.51. The molecule has 6 nitrogen and oxygen atoms in total. The second kappa shape index (κ2) is 6.37. The van der Waals surface area contributed by atoms with E-state index in [1.54, 1.807) is 13.1 Å². The SMILES string of the molecule is CNC1=C(C)CN(c2cnc(C(=O)NC3CC(C)(F)C3)cn2)CC1. The molecule has 0 atom stereocenters. The molecule has 2 aliphatic rings. The first-order valence-electron chi connectivity index (χ1n) is 8.31. The number of amides is 1. The maximum absolute atomic E-state index is 13.5. The minimum Gasteiger partial charge on any atom is -0.391 e. The lowest BCUT2D eigenvalue weighted by molar-refractivity contribution is 0.0443. The number of nitrogens with one attached hydrogen (secondary N) is 2. The van der Waals surface area contributed by atoms with Crippen LogP contribution in [0.25, 0.3) is 0 Å². The summed E-state index contributed by atoms with van der Waals surface area (Å²) in [4.78, 5) is 22.9. The van der Waals surface area contributed by atoms with Crippen LogP contribution in [0.3, 0.4) is 0 Å². The Morgan fingerprint density at radius 1 is 1.38 bits per heavy atom. The van der Waals surface area contributed by atoms with Crippen molar-refractivity contribution in [3.63, 3.8) is 0 Å². The third-order valence-corrected chi connectivity index (χ3v) is 4.75. The van der Waals surface area contributed by atoms with Gasteiger partial charge in [-0.25, -0.2) is 14.4 Å². The zero-order valence-electron chi connectivity index (χ0n) is 14.4. The first-order valence-corrected chi connectivity index (χ1v) is 8.31. The number of rotatable bonds is 4. The molecule has 130 valence electrons. The van der Waals surface area contributed by atoms with E-state index in [1.807, 2.05) is 7.05 Å². The summed E-state index contributed by atoms with van der Waals surface area (Å²) in [6.07, 6.45) is 4.78. The highest BCUT2D eigenvalue weighted by atomic mass is 19.1. The van der Waals surface area contributed by atoms with Crippen molar-refractivity contribution in [3.8, 4) is 0 Å². The van der Waals surface area contributed by atoms with E-state index in [-0.39, 0.29) is 17.6 Å². The first kappa shape index (κ1) is 16.7. The lowest BCUT2D eigenvalue weighted by atomic mass is 9.79. The Balaban J connectivity index is 1.60. The average Bonchev–Trinajstić information content (AvgIpc) is 2.53. The fourth-order valence-electron chi connectivity index (χ4n) is 3.39. The van der Waals surface area contributed by atoms with Gasteiger partial charge >= 0.3 is 0 Å². The molecule has 0 radical (unpaired) electrons. The summed E-state index contributed by atoms with van der Waals surface area (Å²) >= 11 is 0. The summed E-state index contributed by atoms with van der Waals surface area (Å²) in [6, 6.07) is -0.108. The van der Waals surface area contributed by atoms with Crippen LogP contribution in [-0.4, -0.2) is 47.7 Å². The number of aromatic nitrogens is 2. The Morgan fingerprint density at radius 2 is 2.12 bits per heavy atom. The van der Waals surface area contributed by atoms with Crippen molar-refractivity contribution in [2.24, 2.45) is 0 Å². The van der Waals surface area contributed by atoms with Crippen LogP contribution < -0.4 is 15.5 Å². The monoisotopic (exact) mass is 333 g/mol. The van der Waals surface area contributed by atoms with Gasteiger partial charge in [-0.15, -0.1) is 0 Å². The topological polar surface area (TPSA) is 70.2 Å². The lowest BCUT2D eigenvalue weighted by Gasteiger charge is -2.38. The Bertz CT molecular complexity index is 647. The maximum Gasteiger partial charge on any atom is 0.271 e. The minimum absolute atomic E-state index is 0.108. The number of alkyl halides is 1. The van der Waals surface area contributed by atoms with Crippen molar-refractivity contribution in [2.45, 2.75) is 44.8 Å². The molecule has 2 heterocycles. The van der Waals surface area contributed by atoms with Gasteiger partial charge in [0.05, 0.1) is 12.4 Å². The van der Waals surface area contributed by atoms with Gasteiger partial charge in [-0.3, -0.25) is 4.79 Å². The van der Waals surface area contributed by atoms with Gasteiger partial charge in [-0.2, -0.15) is 0 Å². The number of carbonyl (C=O) groups excluding carboxylic acids is 1. The molecule has 2 N–H and O–H groups in total. The molecule has 1 fully saturated rings. The third-order valence-electron chi connectivity index (χ3n) is 4.75. The van der Waals surface area contributed by atoms with Gasteiger partial charge in [0.15, 0.2) is 0 Å². The van der Waals surface area contributed by atoms with Crippen molar-refractivity contribution < 1.29 is 9.18 Å². The Labute approximate surface area is 141 Å². The molecule has 0 saturated heterocycles. The summed E-state index contributed by atoms with van der Waals surface area (Å²) in [5, 5.41) is 6.02. The molecule has 1 aromatic heterocycles. The fourth-order valence-corrected chi connectivity index (χ4v) is 3.39. The van der Waals surface area contributed by atoms with Crippen LogP contribution in [0.1, 0.15) is 43.6 Å². The van der Waals surface area contributed by atoms with Gasteiger partial charge in [0.25, 0.3) is 5.91 Å². The van der Waals surface area contributed by atoms with E-state index in [0.717, 1.165) is 25.3 Å². The predicted molar refractivity (Wildman–Crippen MR) is 90.6 cm³/mol. The Hall–Kier alpha value is -2.18. The molecular weight excluding hydrogens is 309 g/mol. The van der Waals surface area contributed by atoms with Gasteiger partial charge < -0.3 is 15.5 Å². The van der Waals surface area contributed by atoms with Gasteiger partial charge in [0, 0.05) is 51.1 Å². The molecule has 1 aromatic rings. The molecule has 1 saturated carbocycles. The summed E-state index contributed by atoms with van der Waals surface area (Å²) in [5.74, 6) is 0.475. The highest BCUT2D eigenvalue weighted by Crippen LogP contribution is 2.35. The largest absolute Gasteiger partial charge is 0.391 e. The van der Waals surface area contributed by atoms with Crippen LogP contribution in [0.2, 0.25) is 0 Å². The van der Waals surface area contributed by atoms with Crippen LogP contribution in [0, 0.1) is 0 Å². The van der Waals surface area contributed by atoms with Crippen LogP contribution in [0.4, 0.5) is 10.2 Å². The third kappa shape index (κ3) is 3.49. The molecule has 0 spiro atoms. The molecule has 1 amide bonds. The van der Waals surface area contributed by atoms with Crippen molar-refractivity contribution in [2.75, 3.05) is 25.0 Å². The molecule has 1 aliphatic carbocycles. The van der Waals surface area contributed by atoms with Crippen LogP contribution in [0.5, 0.6) is 0 Å². The number of hydrogen-bond acceptors (Lipinski definition) is 5. The van der Waals surface area contributed by atoms with Gasteiger partial charge in [0.1, 0.15) is 17.2 Å². The molecule has 7 heteroatoms. The molecule has 1 aliphatic heterocycles. The van der Waals surface area contributed by atoms with Gasteiger partial charge in [0.2, 0.25) is 0 Å². The second-order valence-corrected chi connectivity index (χ2v) is 6.93. The number of hydrogen-bond donors (Lipinski definition) is 2. The van der Waals surface area contributed by atoms with E-state index >= 15 is 0 Å². The van der Waals surface area contributed by atoms with E-state index in [1.165, 1.54) is 17.5 Å². The van der Waals surface area contributed by atoms with Crippen molar-refractivity contribution in [1.82, 2.24) is 20.6 Å². The molecule has 24 heavy (non-hydrogen) atoms. The average molecular weight is 333 g/mol. The normalized spacial score (nSPS) is 26.8. The standard InChI is InChI=1S/C17H24FN5O/c1-11-10-23(5-4-13(11)19-3)15-9-20-14(8-21-15)16(24)22-12-6-17(2,18)7-12/h8-9,12,19H,4-7,10H2,1-3H3,(H,22,24). The first-order chi connectivity index (χ1) is 11.4. The smallest absolute Gasteiger partial charge is 0.271 e. The molecule has 0 unspecified atom stereocenters. The number of halogens is 1. The minimum atomic E-state index is -1.15. The highest BCUT2D eigenvalue weighted by molar-refractivity contribution is 5.92. The quantitative estimate of drug-likeness (QED) is 0.879. The summed E-state index contributed by atoms with van der Waals surface area (Å²) in [6.45, 7) is 5.32. The van der Waals surface area contributed by atoms with Crippen LogP contribution >= 0.6 is 0 Å². The van der Waals surface area contributed by atoms with Crippen molar-refractivity contribution in [3.05, 3.63) is 29.4 Å².